The van der Waals surface area contributed by atoms with E-state index in [0.29, 0.717) is 17.5 Å². The molecule has 2 fully saturated rings. The number of nitrogens with one attached hydrogen (secondary N) is 2. The van der Waals surface area contributed by atoms with Crippen molar-refractivity contribution in [3.8, 4) is 0 Å². The number of carbonyl (C=O) groups excluding carboxylic acids is 1. The first kappa shape index (κ1) is 17.3. The summed E-state index contributed by atoms with van der Waals surface area (Å²) in [5.41, 5.74) is 0.387. The fraction of sp³-hybridized carbons (Fsp3) is 0.333. The van der Waals surface area contributed by atoms with Crippen LogP contribution in [0.3, 0.4) is 0 Å². The van der Waals surface area contributed by atoms with Gasteiger partial charge in [-0.25, -0.2) is 13.8 Å². The molecule has 1 aromatic carbocycles. The first-order valence-electron chi connectivity index (χ1n) is 8.57. The summed E-state index contributed by atoms with van der Waals surface area (Å²) >= 11 is 0. The molecule has 2 aliphatic rings. The molecule has 140 valence electrons. The van der Waals surface area contributed by atoms with E-state index in [1.54, 1.807) is 0 Å². The Kier molecular flexibility index (Phi) is 4.21. The molecule has 9 heteroatoms. The van der Waals surface area contributed by atoms with E-state index in [-0.39, 0.29) is 36.9 Å². The molecule has 1 aliphatic carbocycles. The summed E-state index contributed by atoms with van der Waals surface area (Å²) in [7, 11) is 0. The van der Waals surface area contributed by atoms with Gasteiger partial charge in [0.2, 0.25) is 0 Å². The zero-order chi connectivity index (χ0) is 19.1. The van der Waals surface area contributed by atoms with Gasteiger partial charge in [0.05, 0.1) is 6.54 Å². The topological polar surface area (TPSA) is 97.3 Å². The summed E-state index contributed by atoms with van der Waals surface area (Å²) in [4.78, 5) is 19.6. The average molecular weight is 373 g/mol. The Morgan fingerprint density at radius 2 is 2.00 bits per heavy atom. The van der Waals surface area contributed by atoms with Crippen LogP contribution in [0, 0.1) is 22.5 Å². The summed E-state index contributed by atoms with van der Waals surface area (Å²) < 4.78 is 31.8. The predicted octanol–water partition coefficient (Wildman–Crippen LogP) is 2.59. The van der Waals surface area contributed by atoms with Gasteiger partial charge in [-0.3, -0.25) is 15.6 Å². The number of benzene rings is 1. The number of piperazine rings is 1. The first-order chi connectivity index (χ1) is 12.9. The molecule has 1 amide bonds. The monoisotopic (exact) mass is 373 g/mol. The maximum Gasteiger partial charge on any atom is 0.254 e. The van der Waals surface area contributed by atoms with Gasteiger partial charge in [-0.2, -0.15) is 0 Å². The SMILES string of the molecule is N=C1CN(C(=O)c2ccc(F)c(F)c2)CCN1C(=N)c1coc(C2CC2)n1. The van der Waals surface area contributed by atoms with Gasteiger partial charge in [0.1, 0.15) is 17.8 Å². The minimum atomic E-state index is -1.09. The van der Waals surface area contributed by atoms with Crippen molar-refractivity contribution < 1.29 is 18.0 Å². The minimum Gasteiger partial charge on any atom is -0.448 e. The molecule has 1 aliphatic heterocycles. The molecule has 1 aromatic heterocycles. The molecule has 2 heterocycles. The molecular weight excluding hydrogens is 356 g/mol. The van der Waals surface area contributed by atoms with Crippen LogP contribution in [0.5, 0.6) is 0 Å². The largest absolute Gasteiger partial charge is 0.448 e. The molecule has 27 heavy (non-hydrogen) atoms. The lowest BCUT2D eigenvalue weighted by molar-refractivity contribution is 0.0756. The van der Waals surface area contributed by atoms with Gasteiger partial charge in [0, 0.05) is 24.6 Å². The molecule has 0 spiro atoms. The number of aromatic nitrogens is 1. The molecular formula is C18H17F2N5O2. The zero-order valence-corrected chi connectivity index (χ0v) is 14.3. The van der Waals surface area contributed by atoms with E-state index in [0.717, 1.165) is 25.0 Å². The van der Waals surface area contributed by atoms with Crippen LogP contribution >= 0.6 is 0 Å². The van der Waals surface area contributed by atoms with E-state index >= 15 is 0 Å². The first-order valence-corrected chi connectivity index (χ1v) is 8.57. The van der Waals surface area contributed by atoms with Gasteiger partial charge in [-0.05, 0) is 31.0 Å². The number of amides is 1. The highest BCUT2D eigenvalue weighted by molar-refractivity contribution is 6.08. The second-order valence-electron chi connectivity index (χ2n) is 6.65. The molecule has 0 unspecified atom stereocenters. The van der Waals surface area contributed by atoms with Gasteiger partial charge in [0.15, 0.2) is 23.4 Å². The lowest BCUT2D eigenvalue weighted by Crippen LogP contribution is -2.54. The maximum absolute atomic E-state index is 13.4. The molecule has 4 rings (SSSR count). The lowest BCUT2D eigenvalue weighted by Gasteiger charge is -2.35. The molecule has 0 radical (unpaired) electrons. The van der Waals surface area contributed by atoms with Gasteiger partial charge in [-0.15, -0.1) is 0 Å². The Hall–Kier alpha value is -3.10. The van der Waals surface area contributed by atoms with Crippen molar-refractivity contribution in [3.63, 3.8) is 0 Å². The molecule has 0 bridgehead atoms. The summed E-state index contributed by atoms with van der Waals surface area (Å²) in [5.74, 6) is -1.54. The van der Waals surface area contributed by atoms with Gasteiger partial charge >= 0.3 is 0 Å². The second kappa shape index (κ2) is 6.57. The minimum absolute atomic E-state index is 0.0239. The van der Waals surface area contributed by atoms with Gasteiger partial charge < -0.3 is 14.2 Å². The van der Waals surface area contributed by atoms with Gasteiger partial charge in [0.25, 0.3) is 5.91 Å². The van der Waals surface area contributed by atoms with Crippen molar-refractivity contribution in [2.24, 2.45) is 0 Å². The number of hydrogen-bond donors (Lipinski definition) is 2. The zero-order valence-electron chi connectivity index (χ0n) is 14.3. The number of amidine groups is 2. The summed E-state index contributed by atoms with van der Waals surface area (Å²) in [6.45, 7) is 0.447. The Morgan fingerprint density at radius 1 is 1.22 bits per heavy atom. The summed E-state index contributed by atoms with van der Waals surface area (Å²) in [6.07, 6.45) is 3.49. The second-order valence-corrected chi connectivity index (χ2v) is 6.65. The van der Waals surface area contributed by atoms with Crippen LogP contribution in [-0.2, 0) is 0 Å². The number of hydrogen-bond acceptors (Lipinski definition) is 5. The Bertz CT molecular complexity index is 938. The molecule has 2 N–H and O–H groups in total. The highest BCUT2D eigenvalue weighted by Crippen LogP contribution is 2.39. The number of carbonyl (C=O) groups is 1. The third-order valence-corrected chi connectivity index (χ3v) is 4.67. The van der Waals surface area contributed by atoms with Gasteiger partial charge in [-0.1, -0.05) is 0 Å². The summed E-state index contributed by atoms with van der Waals surface area (Å²) in [5, 5.41) is 16.5. The van der Waals surface area contributed by atoms with Crippen LogP contribution < -0.4 is 0 Å². The Balaban J connectivity index is 1.43. The fourth-order valence-electron chi connectivity index (χ4n) is 2.99. The van der Waals surface area contributed by atoms with Crippen molar-refractivity contribution in [2.45, 2.75) is 18.8 Å². The quantitative estimate of drug-likeness (QED) is 0.638. The van der Waals surface area contributed by atoms with E-state index < -0.39 is 17.5 Å². The number of oxazole rings is 1. The number of halogens is 2. The van der Waals surface area contributed by atoms with Crippen molar-refractivity contribution in [1.29, 1.82) is 10.8 Å². The highest BCUT2D eigenvalue weighted by Gasteiger charge is 2.32. The van der Waals surface area contributed by atoms with Crippen LogP contribution in [0.25, 0.3) is 0 Å². The number of nitrogens with zero attached hydrogens (tertiary/aromatic N) is 3. The van der Waals surface area contributed by atoms with E-state index in [2.05, 4.69) is 4.98 Å². The van der Waals surface area contributed by atoms with Crippen LogP contribution in [-0.4, -0.2) is 52.0 Å². The van der Waals surface area contributed by atoms with Crippen molar-refractivity contribution in [3.05, 3.63) is 53.2 Å². The normalized spacial score (nSPS) is 17.3. The average Bonchev–Trinajstić information content (AvgIpc) is 3.39. The highest BCUT2D eigenvalue weighted by atomic mass is 19.2. The predicted molar refractivity (Wildman–Crippen MR) is 92.0 cm³/mol. The Labute approximate surface area is 153 Å². The number of rotatable bonds is 3. The van der Waals surface area contributed by atoms with Crippen LogP contribution in [0.2, 0.25) is 0 Å². The van der Waals surface area contributed by atoms with E-state index in [1.807, 2.05) is 0 Å². The lowest BCUT2D eigenvalue weighted by atomic mass is 10.1. The van der Waals surface area contributed by atoms with E-state index in [4.69, 9.17) is 15.2 Å². The summed E-state index contributed by atoms with van der Waals surface area (Å²) in [6, 6.07) is 2.97. The molecule has 0 atom stereocenters. The third kappa shape index (κ3) is 3.32. The molecule has 1 saturated carbocycles. The van der Waals surface area contributed by atoms with E-state index in [9.17, 15) is 13.6 Å². The van der Waals surface area contributed by atoms with Crippen LogP contribution in [0.15, 0.2) is 28.9 Å². The van der Waals surface area contributed by atoms with Crippen molar-refractivity contribution >= 4 is 17.6 Å². The fourth-order valence-corrected chi connectivity index (χ4v) is 2.99. The molecule has 2 aromatic rings. The van der Waals surface area contributed by atoms with Crippen LogP contribution in [0.4, 0.5) is 8.78 Å². The van der Waals surface area contributed by atoms with E-state index in [1.165, 1.54) is 22.1 Å². The molecule has 1 saturated heterocycles. The van der Waals surface area contributed by atoms with Crippen molar-refractivity contribution in [1.82, 2.24) is 14.8 Å². The van der Waals surface area contributed by atoms with Crippen molar-refractivity contribution in [2.75, 3.05) is 19.6 Å². The van der Waals surface area contributed by atoms with Crippen LogP contribution in [0.1, 0.15) is 40.7 Å². The third-order valence-electron chi connectivity index (χ3n) is 4.67. The maximum atomic E-state index is 13.4. The standard InChI is InChI=1S/C18H17F2N5O2/c19-12-4-3-11(7-13(12)20)18(26)24-5-6-25(15(21)8-24)16(22)14-9-27-17(23-14)10-1-2-10/h3-4,7,9-10,21-22H,1-2,5-6,8H2. The Morgan fingerprint density at radius 3 is 2.67 bits per heavy atom. The molecule has 7 nitrogen and oxygen atoms in total. The smallest absolute Gasteiger partial charge is 0.254 e.